The van der Waals surface area contributed by atoms with Crippen LogP contribution in [0, 0.1) is 0 Å². The number of halogens is 1. The summed E-state index contributed by atoms with van der Waals surface area (Å²) in [5, 5.41) is 6.39. The summed E-state index contributed by atoms with van der Waals surface area (Å²) in [6.07, 6.45) is 0. The molecule has 1 unspecified atom stereocenters. The zero-order chi connectivity index (χ0) is 22.3. The molecule has 2 heterocycles. The SMILES string of the molecule is CN1CCN(CC(NC(=O)c2csc(COc3ccc(Cl)cc3)n2)c2ccccc2)CC1. The Balaban J connectivity index is 1.38. The van der Waals surface area contributed by atoms with Crippen molar-refractivity contribution in [2.75, 3.05) is 39.8 Å². The number of ether oxygens (including phenoxy) is 1. The first-order valence-corrected chi connectivity index (χ1v) is 11.9. The molecule has 6 nitrogen and oxygen atoms in total. The second kappa shape index (κ2) is 10.9. The number of carbonyl (C=O) groups is 1. The van der Waals surface area contributed by atoms with Crippen LogP contribution in [0.1, 0.15) is 27.1 Å². The molecule has 1 N–H and O–H groups in total. The highest BCUT2D eigenvalue weighted by molar-refractivity contribution is 7.09. The molecular formula is C24H27ClN4O2S. The lowest BCUT2D eigenvalue weighted by atomic mass is 10.1. The van der Waals surface area contributed by atoms with Crippen LogP contribution in [0.4, 0.5) is 0 Å². The van der Waals surface area contributed by atoms with E-state index >= 15 is 0 Å². The molecule has 1 amide bonds. The Hall–Kier alpha value is -2.45. The Labute approximate surface area is 197 Å². The maximum absolute atomic E-state index is 13.0. The van der Waals surface area contributed by atoms with E-state index in [1.54, 1.807) is 17.5 Å². The predicted molar refractivity (Wildman–Crippen MR) is 128 cm³/mol. The smallest absolute Gasteiger partial charge is 0.271 e. The number of aromatic nitrogens is 1. The van der Waals surface area contributed by atoms with Crippen molar-refractivity contribution in [3.05, 3.63) is 81.3 Å². The number of thiazole rings is 1. The highest BCUT2D eigenvalue weighted by Crippen LogP contribution is 2.20. The fourth-order valence-electron chi connectivity index (χ4n) is 3.60. The summed E-state index contributed by atoms with van der Waals surface area (Å²) >= 11 is 7.33. The molecule has 1 aromatic heterocycles. The summed E-state index contributed by atoms with van der Waals surface area (Å²) < 4.78 is 5.75. The average Bonchev–Trinajstić information content (AvgIpc) is 3.29. The molecule has 1 saturated heterocycles. The number of piperazine rings is 1. The molecule has 1 aliphatic heterocycles. The monoisotopic (exact) mass is 470 g/mol. The molecule has 3 aromatic rings. The molecule has 1 atom stereocenters. The van der Waals surface area contributed by atoms with Gasteiger partial charge in [-0.2, -0.15) is 0 Å². The van der Waals surface area contributed by atoms with Gasteiger partial charge in [0.2, 0.25) is 0 Å². The van der Waals surface area contributed by atoms with Gasteiger partial charge in [0.1, 0.15) is 23.1 Å². The summed E-state index contributed by atoms with van der Waals surface area (Å²) in [6, 6.07) is 17.2. The minimum absolute atomic E-state index is 0.0948. The molecule has 0 spiro atoms. The Morgan fingerprint density at radius 3 is 2.56 bits per heavy atom. The zero-order valence-corrected chi connectivity index (χ0v) is 19.6. The van der Waals surface area contributed by atoms with Crippen LogP contribution in [0.3, 0.4) is 0 Å². The Kier molecular flexibility index (Phi) is 7.76. The van der Waals surface area contributed by atoms with Gasteiger partial charge in [0.05, 0.1) is 6.04 Å². The van der Waals surface area contributed by atoms with Crippen LogP contribution in [0.15, 0.2) is 60.0 Å². The summed E-state index contributed by atoms with van der Waals surface area (Å²) in [7, 11) is 2.14. The number of nitrogens with one attached hydrogen (secondary N) is 1. The Bertz CT molecular complexity index is 1000. The molecule has 0 radical (unpaired) electrons. The molecule has 1 fully saturated rings. The van der Waals surface area contributed by atoms with Gasteiger partial charge in [-0.3, -0.25) is 9.69 Å². The van der Waals surface area contributed by atoms with Gasteiger partial charge in [0.15, 0.2) is 0 Å². The standard InChI is InChI=1S/C24H27ClN4O2S/c1-28-11-13-29(14-12-28)15-21(18-5-3-2-4-6-18)27-24(30)22-17-32-23(26-22)16-31-20-9-7-19(25)8-10-20/h2-10,17,21H,11-16H2,1H3,(H,27,30). The van der Waals surface area contributed by atoms with Crippen LogP contribution in [0.25, 0.3) is 0 Å². The normalized spacial score (nSPS) is 15.9. The van der Waals surface area contributed by atoms with Gasteiger partial charge < -0.3 is 15.0 Å². The average molecular weight is 471 g/mol. The third-order valence-electron chi connectivity index (χ3n) is 5.50. The maximum Gasteiger partial charge on any atom is 0.271 e. The number of rotatable bonds is 8. The van der Waals surface area contributed by atoms with E-state index in [1.165, 1.54) is 11.3 Å². The first kappa shape index (κ1) is 22.7. The van der Waals surface area contributed by atoms with Crippen molar-refractivity contribution in [2.45, 2.75) is 12.6 Å². The molecule has 4 rings (SSSR count). The molecule has 0 bridgehead atoms. The molecule has 2 aromatic carbocycles. The van der Waals surface area contributed by atoms with Crippen LogP contribution >= 0.6 is 22.9 Å². The van der Waals surface area contributed by atoms with Crippen LogP contribution in [-0.4, -0.2) is 60.5 Å². The highest BCUT2D eigenvalue weighted by Gasteiger charge is 2.22. The highest BCUT2D eigenvalue weighted by atomic mass is 35.5. The molecule has 168 valence electrons. The summed E-state index contributed by atoms with van der Waals surface area (Å²) in [5.41, 5.74) is 1.52. The summed E-state index contributed by atoms with van der Waals surface area (Å²) in [4.78, 5) is 22.2. The summed E-state index contributed by atoms with van der Waals surface area (Å²) in [5.74, 6) is 0.550. The molecular weight excluding hydrogens is 444 g/mol. The zero-order valence-electron chi connectivity index (χ0n) is 18.0. The van der Waals surface area contributed by atoms with E-state index in [0.717, 1.165) is 43.3 Å². The van der Waals surface area contributed by atoms with Crippen molar-refractivity contribution in [1.82, 2.24) is 20.1 Å². The lowest BCUT2D eigenvalue weighted by molar-refractivity contribution is 0.0902. The fourth-order valence-corrected chi connectivity index (χ4v) is 4.41. The van der Waals surface area contributed by atoms with Gasteiger partial charge in [-0.25, -0.2) is 4.98 Å². The Morgan fingerprint density at radius 2 is 1.84 bits per heavy atom. The number of amides is 1. The van der Waals surface area contributed by atoms with Crippen molar-refractivity contribution in [2.24, 2.45) is 0 Å². The van der Waals surface area contributed by atoms with Crippen LogP contribution in [0.2, 0.25) is 5.02 Å². The van der Waals surface area contributed by atoms with Gasteiger partial charge in [-0.1, -0.05) is 41.9 Å². The second-order valence-electron chi connectivity index (χ2n) is 7.91. The van der Waals surface area contributed by atoms with E-state index in [2.05, 4.69) is 39.3 Å². The second-order valence-corrected chi connectivity index (χ2v) is 9.29. The van der Waals surface area contributed by atoms with Crippen molar-refractivity contribution < 1.29 is 9.53 Å². The van der Waals surface area contributed by atoms with E-state index < -0.39 is 0 Å². The van der Waals surface area contributed by atoms with Crippen molar-refractivity contribution >= 4 is 28.8 Å². The van der Waals surface area contributed by atoms with Gasteiger partial charge in [0.25, 0.3) is 5.91 Å². The summed E-state index contributed by atoms with van der Waals surface area (Å²) in [6.45, 7) is 5.16. The van der Waals surface area contributed by atoms with Crippen molar-refractivity contribution in [3.8, 4) is 5.75 Å². The molecule has 1 aliphatic rings. The van der Waals surface area contributed by atoms with Gasteiger partial charge >= 0.3 is 0 Å². The number of hydrogen-bond donors (Lipinski definition) is 1. The number of nitrogens with zero attached hydrogens (tertiary/aromatic N) is 3. The van der Waals surface area contributed by atoms with Crippen molar-refractivity contribution in [1.29, 1.82) is 0 Å². The third kappa shape index (κ3) is 6.29. The lowest BCUT2D eigenvalue weighted by Crippen LogP contribution is -2.47. The van der Waals surface area contributed by atoms with E-state index in [4.69, 9.17) is 16.3 Å². The van der Waals surface area contributed by atoms with Gasteiger partial charge in [0, 0.05) is 43.1 Å². The van der Waals surface area contributed by atoms with Crippen LogP contribution in [0.5, 0.6) is 5.75 Å². The van der Waals surface area contributed by atoms with Crippen molar-refractivity contribution in [3.63, 3.8) is 0 Å². The van der Waals surface area contributed by atoms with Crippen LogP contribution < -0.4 is 10.1 Å². The van der Waals surface area contributed by atoms with E-state index in [-0.39, 0.29) is 11.9 Å². The lowest BCUT2D eigenvalue weighted by Gasteiger charge is -2.35. The molecule has 8 heteroatoms. The molecule has 0 saturated carbocycles. The first-order valence-electron chi connectivity index (χ1n) is 10.7. The fraction of sp³-hybridized carbons (Fsp3) is 0.333. The predicted octanol–water partition coefficient (Wildman–Crippen LogP) is 4.09. The topological polar surface area (TPSA) is 57.7 Å². The largest absolute Gasteiger partial charge is 0.486 e. The van der Waals surface area contributed by atoms with Gasteiger partial charge in [-0.15, -0.1) is 11.3 Å². The van der Waals surface area contributed by atoms with E-state index in [0.29, 0.717) is 23.1 Å². The number of benzene rings is 2. The van der Waals surface area contributed by atoms with Crippen LogP contribution in [-0.2, 0) is 6.61 Å². The van der Waals surface area contributed by atoms with Gasteiger partial charge in [-0.05, 0) is 36.9 Å². The third-order valence-corrected chi connectivity index (χ3v) is 6.58. The number of likely N-dealkylation sites (N-methyl/N-ethyl adjacent to an activating group) is 1. The number of hydrogen-bond acceptors (Lipinski definition) is 6. The maximum atomic E-state index is 13.0. The number of carbonyl (C=O) groups excluding carboxylic acids is 1. The molecule has 0 aliphatic carbocycles. The van der Waals surface area contributed by atoms with E-state index in [1.807, 2.05) is 30.3 Å². The van der Waals surface area contributed by atoms with E-state index in [9.17, 15) is 4.79 Å². The minimum atomic E-state index is -0.165. The first-order chi connectivity index (χ1) is 15.6. The Morgan fingerprint density at radius 1 is 1.12 bits per heavy atom. The molecule has 32 heavy (non-hydrogen) atoms. The minimum Gasteiger partial charge on any atom is -0.486 e. The quantitative estimate of drug-likeness (QED) is 0.537.